The zero-order valence-corrected chi connectivity index (χ0v) is 22.4. The summed E-state index contributed by atoms with van der Waals surface area (Å²) in [6.07, 6.45) is -1.73. The second-order valence-corrected chi connectivity index (χ2v) is 19.0. The van der Waals surface area contributed by atoms with Gasteiger partial charge in [-0.05, 0) is 28.2 Å². The minimum atomic E-state index is -2.89. The Kier molecular flexibility index (Phi) is 7.40. The second-order valence-electron chi connectivity index (χ2n) is 10.2. The Labute approximate surface area is 192 Å². The first-order valence-electron chi connectivity index (χ1n) is 11.6. The summed E-state index contributed by atoms with van der Waals surface area (Å²) in [4.78, 5) is 16.2. The van der Waals surface area contributed by atoms with Gasteiger partial charge >= 0.3 is 22.8 Å². The van der Waals surface area contributed by atoms with Gasteiger partial charge in [0.25, 0.3) is 0 Å². The maximum atomic E-state index is 12.4. The molecule has 182 valence electrons. The van der Waals surface area contributed by atoms with E-state index in [4.69, 9.17) is 23.4 Å². The largest absolute Gasteiger partial charge is 0.414 e. The van der Waals surface area contributed by atoms with Crippen molar-refractivity contribution in [3.8, 4) is 0 Å². The molecule has 2 fully saturated rings. The van der Waals surface area contributed by atoms with E-state index in [1.54, 1.807) is 0 Å². The van der Waals surface area contributed by atoms with Crippen LogP contribution in [0.15, 0.2) is 17.1 Å². The predicted molar refractivity (Wildman–Crippen MR) is 127 cm³/mol. The molecule has 0 aromatic carbocycles. The van der Waals surface area contributed by atoms with Gasteiger partial charge in [-0.3, -0.25) is 4.57 Å². The first kappa shape index (κ1) is 25.5. The van der Waals surface area contributed by atoms with E-state index in [1.807, 2.05) is 0 Å². The Bertz CT molecular complexity index is 846. The van der Waals surface area contributed by atoms with Crippen molar-refractivity contribution in [2.75, 3.05) is 12.3 Å². The second kappa shape index (κ2) is 9.28. The summed E-state index contributed by atoms with van der Waals surface area (Å²) in [5.74, 6) is 0.119. The highest BCUT2D eigenvalue weighted by Crippen LogP contribution is 2.48. The van der Waals surface area contributed by atoms with Gasteiger partial charge < -0.3 is 28.5 Å². The molecule has 2 aliphatic rings. The Morgan fingerprint density at radius 3 is 2.12 bits per heavy atom. The van der Waals surface area contributed by atoms with Crippen molar-refractivity contribution in [2.45, 2.75) is 102 Å². The van der Waals surface area contributed by atoms with Crippen LogP contribution >= 0.6 is 0 Å². The molecule has 0 saturated carbocycles. The molecule has 9 nitrogen and oxygen atoms in total. The lowest BCUT2D eigenvalue weighted by molar-refractivity contribution is -0.0600. The molecule has 1 aromatic heterocycles. The third-order valence-electron chi connectivity index (χ3n) is 6.77. The number of hydrogen-bond acceptors (Lipinski definition) is 8. The van der Waals surface area contributed by atoms with E-state index in [0.29, 0.717) is 0 Å². The number of nitrogens with two attached hydrogens (primary N) is 1. The van der Waals surface area contributed by atoms with Crippen LogP contribution in [0.4, 0.5) is 5.82 Å². The topological polar surface area (TPSA) is 118 Å². The molecule has 2 saturated heterocycles. The van der Waals surface area contributed by atoms with Gasteiger partial charge in [-0.2, -0.15) is 4.98 Å². The lowest BCUT2D eigenvalue weighted by Crippen LogP contribution is -2.65. The molecule has 3 N–H and O–H groups in total. The average Bonchev–Trinajstić information content (AvgIpc) is 2.96. The van der Waals surface area contributed by atoms with Crippen LogP contribution in [0.2, 0.25) is 22.2 Å². The molecule has 32 heavy (non-hydrogen) atoms. The minimum absolute atomic E-state index is 0.119. The Morgan fingerprint density at radius 1 is 1.06 bits per heavy atom. The highest BCUT2D eigenvalue weighted by atomic mass is 28.5. The van der Waals surface area contributed by atoms with Crippen molar-refractivity contribution in [1.29, 1.82) is 0 Å². The van der Waals surface area contributed by atoms with E-state index < -0.39 is 47.4 Å². The molecule has 0 bridgehead atoms. The molecule has 0 amide bonds. The number of aliphatic hydroxyl groups is 1. The van der Waals surface area contributed by atoms with Crippen LogP contribution in [0.5, 0.6) is 0 Å². The van der Waals surface area contributed by atoms with Crippen LogP contribution in [0.3, 0.4) is 0 Å². The number of ether oxygens (including phenoxy) is 1. The zero-order valence-electron chi connectivity index (χ0n) is 20.4. The highest BCUT2D eigenvalue weighted by Gasteiger charge is 2.61. The summed E-state index contributed by atoms with van der Waals surface area (Å²) in [5, 5.41) is 11.2. The van der Waals surface area contributed by atoms with Crippen LogP contribution in [0.1, 0.15) is 61.6 Å². The number of fused-ring (bicyclic) bond motifs is 1. The van der Waals surface area contributed by atoms with Crippen LogP contribution in [0.25, 0.3) is 0 Å². The van der Waals surface area contributed by atoms with Gasteiger partial charge in [0.1, 0.15) is 24.1 Å². The van der Waals surface area contributed by atoms with Crippen molar-refractivity contribution < 1.29 is 22.8 Å². The average molecular weight is 486 g/mol. The molecule has 0 spiro atoms. The summed E-state index contributed by atoms with van der Waals surface area (Å²) in [6, 6.07) is 1.51. The van der Waals surface area contributed by atoms with Gasteiger partial charge in [0.2, 0.25) is 0 Å². The fourth-order valence-corrected chi connectivity index (χ4v) is 16.2. The fraction of sp³-hybridized carbons (Fsp3) is 0.810. The first-order chi connectivity index (χ1) is 14.9. The summed E-state index contributed by atoms with van der Waals surface area (Å²) in [7, 11) is -5.59. The third kappa shape index (κ3) is 4.24. The summed E-state index contributed by atoms with van der Waals surface area (Å²) in [5.41, 5.74) is 5.72. The van der Waals surface area contributed by atoms with E-state index in [-0.39, 0.29) is 34.6 Å². The Morgan fingerprint density at radius 2 is 1.62 bits per heavy atom. The monoisotopic (exact) mass is 485 g/mol. The Hall–Kier alpha value is -1.09. The van der Waals surface area contributed by atoms with Crippen molar-refractivity contribution in [2.24, 2.45) is 0 Å². The van der Waals surface area contributed by atoms with E-state index in [1.165, 1.54) is 16.8 Å². The molecule has 2 aliphatic heterocycles. The van der Waals surface area contributed by atoms with Gasteiger partial charge in [0.15, 0.2) is 6.23 Å². The molecular formula is C21H39N3O6Si2. The van der Waals surface area contributed by atoms with Crippen molar-refractivity contribution >= 4 is 22.9 Å². The molecule has 0 radical (unpaired) electrons. The van der Waals surface area contributed by atoms with E-state index >= 15 is 0 Å². The molecule has 4 atom stereocenters. The van der Waals surface area contributed by atoms with Gasteiger partial charge in [0.05, 0.1) is 6.61 Å². The lowest BCUT2D eigenvalue weighted by atomic mass is 10.1. The molecule has 3 heterocycles. The maximum Gasteiger partial charge on any atom is 0.351 e. The van der Waals surface area contributed by atoms with Gasteiger partial charge in [-0.15, -0.1) is 0 Å². The quantitative estimate of drug-likeness (QED) is 0.611. The number of hydrogen-bond donors (Lipinski definition) is 2. The van der Waals surface area contributed by atoms with Crippen LogP contribution in [-0.4, -0.2) is 56.7 Å². The number of aliphatic hydroxyl groups excluding tert-OH is 1. The van der Waals surface area contributed by atoms with Crippen molar-refractivity contribution in [3.63, 3.8) is 0 Å². The van der Waals surface area contributed by atoms with Crippen molar-refractivity contribution in [3.05, 3.63) is 22.7 Å². The van der Waals surface area contributed by atoms with Crippen LogP contribution in [-0.2, 0) is 17.7 Å². The number of rotatable bonds is 5. The Balaban J connectivity index is 2.07. The van der Waals surface area contributed by atoms with Gasteiger partial charge in [0, 0.05) is 6.20 Å². The minimum Gasteiger partial charge on any atom is -0.414 e. The SMILES string of the molecule is CC(C)[Si]1(C(C)C)OCC2O[C@@H](n3ccc(N)nc3=O)C(O)C2O[Si](C(C)C)(C(C)C)O1. The van der Waals surface area contributed by atoms with E-state index in [2.05, 4.69) is 60.4 Å². The number of aromatic nitrogens is 2. The number of anilines is 1. The molecule has 1 aromatic rings. The normalized spacial score (nSPS) is 30.0. The summed E-state index contributed by atoms with van der Waals surface area (Å²) < 4.78 is 28.1. The van der Waals surface area contributed by atoms with Gasteiger partial charge in [-0.25, -0.2) is 4.79 Å². The predicted octanol–water partition coefficient (Wildman–Crippen LogP) is 3.04. The van der Waals surface area contributed by atoms with Crippen molar-refractivity contribution in [1.82, 2.24) is 9.55 Å². The fourth-order valence-electron chi connectivity index (χ4n) is 4.99. The maximum absolute atomic E-state index is 12.4. The smallest absolute Gasteiger partial charge is 0.351 e. The molecule has 3 unspecified atom stereocenters. The molecule has 0 aliphatic carbocycles. The number of nitrogen functional groups attached to an aromatic ring is 1. The van der Waals surface area contributed by atoms with Crippen LogP contribution < -0.4 is 11.4 Å². The molecule has 3 rings (SSSR count). The molecule has 11 heteroatoms. The zero-order chi connectivity index (χ0) is 24.0. The third-order valence-corrected chi connectivity index (χ3v) is 17.0. The van der Waals surface area contributed by atoms with Crippen LogP contribution in [0, 0.1) is 0 Å². The van der Waals surface area contributed by atoms with E-state index in [0.717, 1.165) is 0 Å². The number of nitrogens with zero attached hydrogens (tertiary/aromatic N) is 2. The first-order valence-corrected chi connectivity index (χ1v) is 15.5. The highest BCUT2D eigenvalue weighted by molar-refractivity contribution is 6.83. The lowest BCUT2D eigenvalue weighted by Gasteiger charge is -2.51. The molecular weight excluding hydrogens is 446 g/mol. The van der Waals surface area contributed by atoms with E-state index in [9.17, 15) is 9.90 Å². The van der Waals surface area contributed by atoms with Gasteiger partial charge in [-0.1, -0.05) is 55.4 Å². The summed E-state index contributed by atoms with van der Waals surface area (Å²) in [6.45, 7) is 17.3. The standard InChI is InChI=1S/C21H39N3O6Si2/c1-12(2)31(13(3)4)27-11-16-19(29-32(30-31,14(5)6)15(7)8)18(25)20(28-16)24-10-9-17(22)23-21(24)26/h9-10,12-16,18-20,25H,11H2,1-8H3,(H2,22,23,26)/t16?,18?,19?,20-/m1/s1. The summed E-state index contributed by atoms with van der Waals surface area (Å²) >= 11 is 0.